The Hall–Kier alpha value is -2.38. The number of carbonyl (C=O) groups is 3. The first-order valence-electron chi connectivity index (χ1n) is 5.17. The van der Waals surface area contributed by atoms with Gasteiger partial charge in [0.2, 0.25) is 0 Å². The number of nitrogens with zero attached hydrogens (tertiary/aromatic N) is 1. The molecule has 1 amide bonds. The molecule has 1 atom stereocenters. The number of hydrogen-bond acceptors (Lipinski definition) is 4. The Morgan fingerprint density at radius 1 is 1.44 bits per heavy atom. The van der Waals surface area contributed by atoms with Crippen molar-refractivity contribution in [2.24, 2.45) is 0 Å². The Bertz CT molecular complexity index is 468. The molecule has 0 bridgehead atoms. The van der Waals surface area contributed by atoms with Crippen LogP contribution in [0.4, 0.5) is 0 Å². The smallest absolute Gasteiger partial charge is 0.326 e. The molecule has 0 saturated carbocycles. The lowest BCUT2D eigenvalue weighted by atomic mass is 10.1. The van der Waals surface area contributed by atoms with E-state index in [0.29, 0.717) is 5.69 Å². The van der Waals surface area contributed by atoms with E-state index in [0.717, 1.165) is 0 Å². The quantitative estimate of drug-likeness (QED) is 0.554. The summed E-state index contributed by atoms with van der Waals surface area (Å²) in [6, 6.07) is 0.219. The molecule has 8 nitrogen and oxygen atoms in total. The number of nitrogens with one attached hydrogen (secondary N) is 2. The van der Waals surface area contributed by atoms with E-state index in [2.05, 4.69) is 15.5 Å². The average molecular weight is 255 g/mol. The highest BCUT2D eigenvalue weighted by atomic mass is 16.4. The highest BCUT2D eigenvalue weighted by molar-refractivity contribution is 5.95. The van der Waals surface area contributed by atoms with E-state index >= 15 is 0 Å². The van der Waals surface area contributed by atoms with Crippen LogP contribution in [-0.4, -0.2) is 44.3 Å². The summed E-state index contributed by atoms with van der Waals surface area (Å²) < 4.78 is 0. The Morgan fingerprint density at radius 3 is 2.56 bits per heavy atom. The molecule has 0 aromatic carbocycles. The zero-order valence-corrected chi connectivity index (χ0v) is 9.64. The van der Waals surface area contributed by atoms with Crippen molar-refractivity contribution in [3.8, 4) is 0 Å². The first-order chi connectivity index (χ1) is 8.40. The fourth-order valence-electron chi connectivity index (χ4n) is 1.29. The lowest BCUT2D eigenvalue weighted by molar-refractivity contribution is -0.140. The molecular weight excluding hydrogens is 242 g/mol. The van der Waals surface area contributed by atoms with Gasteiger partial charge in [0.25, 0.3) is 5.91 Å². The number of aryl methyl sites for hydroxylation is 1. The molecular formula is C10H13N3O5. The highest BCUT2D eigenvalue weighted by Crippen LogP contribution is 2.02. The number of hydrogen-bond donors (Lipinski definition) is 4. The number of carboxylic acid groups (broad SMARTS) is 2. The highest BCUT2D eigenvalue weighted by Gasteiger charge is 2.22. The van der Waals surface area contributed by atoms with E-state index in [1.807, 2.05) is 0 Å². The van der Waals surface area contributed by atoms with Gasteiger partial charge in [-0.1, -0.05) is 0 Å². The zero-order valence-electron chi connectivity index (χ0n) is 9.64. The molecule has 4 N–H and O–H groups in total. The third kappa shape index (κ3) is 3.89. The Balaban J connectivity index is 2.63. The van der Waals surface area contributed by atoms with Crippen LogP contribution < -0.4 is 5.32 Å². The van der Waals surface area contributed by atoms with Crippen molar-refractivity contribution < 1.29 is 24.6 Å². The number of aliphatic carboxylic acids is 2. The maximum absolute atomic E-state index is 11.6. The van der Waals surface area contributed by atoms with Gasteiger partial charge in [-0.15, -0.1) is 0 Å². The molecule has 8 heteroatoms. The Morgan fingerprint density at radius 2 is 2.11 bits per heavy atom. The minimum Gasteiger partial charge on any atom is -0.481 e. The number of aromatic nitrogens is 2. The van der Waals surface area contributed by atoms with Crippen molar-refractivity contribution >= 4 is 17.8 Å². The molecule has 1 unspecified atom stereocenters. The Labute approximate surface area is 102 Å². The summed E-state index contributed by atoms with van der Waals surface area (Å²) in [7, 11) is 0. The Kier molecular flexibility index (Phi) is 4.41. The summed E-state index contributed by atoms with van der Waals surface area (Å²) in [4.78, 5) is 32.8. The molecule has 0 spiro atoms. The summed E-state index contributed by atoms with van der Waals surface area (Å²) in [6.45, 7) is 1.70. The van der Waals surface area contributed by atoms with Gasteiger partial charge in [-0.2, -0.15) is 5.10 Å². The second-order valence-electron chi connectivity index (χ2n) is 3.73. The number of H-pyrrole nitrogens is 1. The summed E-state index contributed by atoms with van der Waals surface area (Å²) in [5, 5.41) is 25.8. The lowest BCUT2D eigenvalue weighted by Gasteiger charge is -2.12. The van der Waals surface area contributed by atoms with Gasteiger partial charge in [0.05, 0.1) is 0 Å². The van der Waals surface area contributed by atoms with Crippen LogP contribution in [-0.2, 0) is 9.59 Å². The molecule has 0 aliphatic rings. The van der Waals surface area contributed by atoms with Crippen LogP contribution in [0.2, 0.25) is 0 Å². The van der Waals surface area contributed by atoms with Crippen LogP contribution in [0.3, 0.4) is 0 Å². The second kappa shape index (κ2) is 5.80. The number of aromatic amines is 1. The lowest BCUT2D eigenvalue weighted by Crippen LogP contribution is -2.41. The van der Waals surface area contributed by atoms with Gasteiger partial charge in [-0.05, 0) is 19.4 Å². The van der Waals surface area contributed by atoms with Crippen molar-refractivity contribution in [1.82, 2.24) is 15.5 Å². The summed E-state index contributed by atoms with van der Waals surface area (Å²) >= 11 is 0. The average Bonchev–Trinajstić information content (AvgIpc) is 2.70. The molecule has 0 aliphatic heterocycles. The van der Waals surface area contributed by atoms with Gasteiger partial charge in [-0.25, -0.2) is 4.79 Å². The molecule has 0 aliphatic carbocycles. The molecule has 1 heterocycles. The minimum absolute atomic E-state index is 0.0640. The van der Waals surface area contributed by atoms with E-state index in [4.69, 9.17) is 10.2 Å². The molecule has 18 heavy (non-hydrogen) atoms. The van der Waals surface area contributed by atoms with Crippen LogP contribution in [0, 0.1) is 6.92 Å². The van der Waals surface area contributed by atoms with E-state index in [1.165, 1.54) is 6.07 Å². The van der Waals surface area contributed by atoms with Gasteiger partial charge < -0.3 is 15.5 Å². The fourth-order valence-corrected chi connectivity index (χ4v) is 1.29. The van der Waals surface area contributed by atoms with Gasteiger partial charge in [-0.3, -0.25) is 14.7 Å². The topological polar surface area (TPSA) is 132 Å². The third-order valence-electron chi connectivity index (χ3n) is 2.19. The van der Waals surface area contributed by atoms with Crippen molar-refractivity contribution in [2.45, 2.75) is 25.8 Å². The molecule has 0 radical (unpaired) electrons. The normalized spacial score (nSPS) is 11.8. The van der Waals surface area contributed by atoms with E-state index < -0.39 is 23.9 Å². The predicted octanol–water partition coefficient (Wildman–Crippen LogP) is -0.234. The molecule has 1 rings (SSSR count). The van der Waals surface area contributed by atoms with Gasteiger partial charge >= 0.3 is 11.9 Å². The molecule has 0 fully saturated rings. The number of carboxylic acids is 2. The van der Waals surface area contributed by atoms with Crippen molar-refractivity contribution in [3.05, 3.63) is 17.5 Å². The SMILES string of the molecule is Cc1cc(C(=O)NC(CCC(=O)O)C(=O)O)n[nH]1. The molecule has 98 valence electrons. The summed E-state index contributed by atoms with van der Waals surface area (Å²) in [6.07, 6.45) is -0.517. The number of amides is 1. The third-order valence-corrected chi connectivity index (χ3v) is 2.19. The molecule has 1 aromatic heterocycles. The predicted molar refractivity (Wildman–Crippen MR) is 59.1 cm³/mol. The van der Waals surface area contributed by atoms with E-state index in [9.17, 15) is 14.4 Å². The minimum atomic E-state index is -1.28. The largest absolute Gasteiger partial charge is 0.481 e. The summed E-state index contributed by atoms with van der Waals surface area (Å²) in [5.74, 6) is -3.06. The standard InChI is InChI=1S/C10H13N3O5/c1-5-4-7(13-12-5)9(16)11-6(10(17)18)2-3-8(14)15/h4,6H,2-3H2,1H3,(H,11,16)(H,12,13)(H,14,15)(H,17,18). The van der Waals surface area contributed by atoms with Crippen LogP contribution >= 0.6 is 0 Å². The molecule has 0 saturated heterocycles. The first kappa shape index (κ1) is 13.7. The molecule has 1 aromatic rings. The maximum atomic E-state index is 11.6. The van der Waals surface area contributed by atoms with Gasteiger partial charge in [0.1, 0.15) is 11.7 Å². The fraction of sp³-hybridized carbons (Fsp3) is 0.400. The first-order valence-corrected chi connectivity index (χ1v) is 5.17. The number of rotatable bonds is 6. The maximum Gasteiger partial charge on any atom is 0.326 e. The van der Waals surface area contributed by atoms with Crippen molar-refractivity contribution in [3.63, 3.8) is 0 Å². The van der Waals surface area contributed by atoms with Gasteiger partial charge in [0.15, 0.2) is 0 Å². The second-order valence-corrected chi connectivity index (χ2v) is 3.73. The summed E-state index contributed by atoms with van der Waals surface area (Å²) in [5.41, 5.74) is 0.728. The van der Waals surface area contributed by atoms with Crippen LogP contribution in [0.25, 0.3) is 0 Å². The van der Waals surface area contributed by atoms with E-state index in [-0.39, 0.29) is 18.5 Å². The van der Waals surface area contributed by atoms with Crippen LogP contribution in [0.15, 0.2) is 6.07 Å². The van der Waals surface area contributed by atoms with Crippen LogP contribution in [0.5, 0.6) is 0 Å². The van der Waals surface area contributed by atoms with Crippen LogP contribution in [0.1, 0.15) is 29.0 Å². The van der Waals surface area contributed by atoms with Crippen molar-refractivity contribution in [1.29, 1.82) is 0 Å². The van der Waals surface area contributed by atoms with Crippen molar-refractivity contribution in [2.75, 3.05) is 0 Å². The monoisotopic (exact) mass is 255 g/mol. The zero-order chi connectivity index (χ0) is 13.7. The van der Waals surface area contributed by atoms with E-state index in [1.54, 1.807) is 6.92 Å². The number of carbonyl (C=O) groups excluding carboxylic acids is 1. The van der Waals surface area contributed by atoms with Gasteiger partial charge in [0, 0.05) is 12.1 Å².